The third-order valence-corrected chi connectivity index (χ3v) is 5.62. The average molecular weight is 202 g/mol. The SMILES string of the molecule is CO[SiH](OC)[C@H](C)C1CCCCC1. The summed E-state index contributed by atoms with van der Waals surface area (Å²) in [6, 6.07) is 0. The van der Waals surface area contributed by atoms with Crippen molar-refractivity contribution in [1.29, 1.82) is 0 Å². The summed E-state index contributed by atoms with van der Waals surface area (Å²) in [6.07, 6.45) is 7.01. The lowest BCUT2D eigenvalue weighted by Gasteiger charge is -2.30. The molecule has 0 N–H and O–H groups in total. The zero-order valence-corrected chi connectivity index (χ0v) is 10.2. The van der Waals surface area contributed by atoms with Crippen LogP contribution < -0.4 is 0 Å². The first-order chi connectivity index (χ1) is 6.29. The van der Waals surface area contributed by atoms with E-state index in [2.05, 4.69) is 6.92 Å². The minimum absolute atomic E-state index is 0.676. The second-order valence-corrected chi connectivity index (χ2v) is 6.83. The topological polar surface area (TPSA) is 18.5 Å². The Kier molecular flexibility index (Phi) is 4.99. The van der Waals surface area contributed by atoms with Crippen molar-refractivity contribution in [3.8, 4) is 0 Å². The average Bonchev–Trinajstić information content (AvgIpc) is 2.21. The van der Waals surface area contributed by atoms with Crippen molar-refractivity contribution in [3.63, 3.8) is 0 Å². The summed E-state index contributed by atoms with van der Waals surface area (Å²) >= 11 is 0. The van der Waals surface area contributed by atoms with Crippen molar-refractivity contribution in [2.75, 3.05) is 14.2 Å². The molecule has 0 spiro atoms. The van der Waals surface area contributed by atoms with Crippen LogP contribution in [0.15, 0.2) is 0 Å². The quantitative estimate of drug-likeness (QED) is 0.652. The van der Waals surface area contributed by atoms with Crippen LogP contribution in [0.25, 0.3) is 0 Å². The zero-order chi connectivity index (χ0) is 9.68. The van der Waals surface area contributed by atoms with Gasteiger partial charge in [0, 0.05) is 14.2 Å². The van der Waals surface area contributed by atoms with E-state index >= 15 is 0 Å². The molecule has 0 unspecified atom stereocenters. The van der Waals surface area contributed by atoms with E-state index in [4.69, 9.17) is 8.85 Å². The highest BCUT2D eigenvalue weighted by Crippen LogP contribution is 2.34. The lowest BCUT2D eigenvalue weighted by atomic mass is 9.87. The molecule has 0 heterocycles. The Balaban J connectivity index is 2.38. The lowest BCUT2D eigenvalue weighted by Crippen LogP contribution is -2.30. The van der Waals surface area contributed by atoms with Crippen LogP contribution in [0.3, 0.4) is 0 Å². The Labute approximate surface area is 83.5 Å². The molecule has 0 aliphatic heterocycles. The standard InChI is InChI=1S/C10H22O2Si/c1-9(13(11-2)12-3)10-7-5-4-6-8-10/h9-10,13H,4-8H2,1-3H3/t9-/m1/s1. The van der Waals surface area contributed by atoms with Gasteiger partial charge < -0.3 is 8.85 Å². The number of hydrogen-bond acceptors (Lipinski definition) is 2. The molecule has 78 valence electrons. The van der Waals surface area contributed by atoms with Crippen LogP contribution in [0.4, 0.5) is 0 Å². The molecule has 2 nitrogen and oxygen atoms in total. The van der Waals surface area contributed by atoms with E-state index in [1.54, 1.807) is 14.2 Å². The highest BCUT2D eigenvalue weighted by Gasteiger charge is 2.29. The second-order valence-electron chi connectivity index (χ2n) is 4.10. The molecule has 1 rings (SSSR count). The Bertz CT molecular complexity index is 131. The zero-order valence-electron chi connectivity index (χ0n) is 9.08. The minimum Gasteiger partial charge on any atom is -0.400 e. The van der Waals surface area contributed by atoms with Gasteiger partial charge in [-0.2, -0.15) is 0 Å². The summed E-state index contributed by atoms with van der Waals surface area (Å²) in [5.41, 5.74) is 0.676. The first kappa shape index (κ1) is 11.2. The predicted octanol–water partition coefficient (Wildman–Crippen LogP) is 2.47. The van der Waals surface area contributed by atoms with Gasteiger partial charge in [-0.25, -0.2) is 0 Å². The Morgan fingerprint density at radius 3 is 2.08 bits per heavy atom. The largest absolute Gasteiger partial charge is 0.400 e. The first-order valence-corrected chi connectivity index (χ1v) is 6.96. The van der Waals surface area contributed by atoms with Crippen LogP contribution in [-0.2, 0) is 8.85 Å². The summed E-state index contributed by atoms with van der Waals surface area (Å²) in [4.78, 5) is 0. The van der Waals surface area contributed by atoms with Gasteiger partial charge >= 0.3 is 9.28 Å². The van der Waals surface area contributed by atoms with Crippen LogP contribution in [0, 0.1) is 5.92 Å². The monoisotopic (exact) mass is 202 g/mol. The van der Waals surface area contributed by atoms with Crippen molar-refractivity contribution in [1.82, 2.24) is 0 Å². The summed E-state index contributed by atoms with van der Waals surface area (Å²) in [5.74, 6) is 0.866. The van der Waals surface area contributed by atoms with Crippen molar-refractivity contribution in [2.24, 2.45) is 5.92 Å². The van der Waals surface area contributed by atoms with Gasteiger partial charge in [0.1, 0.15) is 0 Å². The van der Waals surface area contributed by atoms with Crippen LogP contribution >= 0.6 is 0 Å². The molecular formula is C10H22O2Si. The van der Waals surface area contributed by atoms with Crippen molar-refractivity contribution in [2.45, 2.75) is 44.6 Å². The van der Waals surface area contributed by atoms with E-state index in [1.165, 1.54) is 32.1 Å². The molecule has 0 aromatic carbocycles. The molecule has 1 atom stereocenters. The summed E-state index contributed by atoms with van der Waals surface area (Å²) in [6.45, 7) is 2.31. The van der Waals surface area contributed by atoms with E-state index in [1.807, 2.05) is 0 Å². The lowest BCUT2D eigenvalue weighted by molar-refractivity contribution is 0.236. The fourth-order valence-corrected chi connectivity index (χ4v) is 4.29. The van der Waals surface area contributed by atoms with Gasteiger partial charge in [0.15, 0.2) is 0 Å². The van der Waals surface area contributed by atoms with Gasteiger partial charge in [0.25, 0.3) is 0 Å². The molecule has 1 saturated carbocycles. The van der Waals surface area contributed by atoms with Gasteiger partial charge in [-0.3, -0.25) is 0 Å². The summed E-state index contributed by atoms with van der Waals surface area (Å²) in [5, 5.41) is 0. The van der Waals surface area contributed by atoms with Crippen LogP contribution in [0.1, 0.15) is 39.0 Å². The minimum atomic E-state index is -1.36. The second kappa shape index (κ2) is 5.78. The Morgan fingerprint density at radius 2 is 1.62 bits per heavy atom. The highest BCUT2D eigenvalue weighted by molar-refractivity contribution is 6.46. The number of rotatable bonds is 4. The third-order valence-electron chi connectivity index (χ3n) is 3.29. The molecule has 1 aliphatic carbocycles. The molecular weight excluding hydrogens is 180 g/mol. The van der Waals surface area contributed by atoms with Gasteiger partial charge in [-0.1, -0.05) is 39.0 Å². The van der Waals surface area contributed by atoms with E-state index < -0.39 is 9.28 Å². The normalized spacial score (nSPS) is 22.2. The maximum absolute atomic E-state index is 5.43. The molecule has 3 heteroatoms. The highest BCUT2D eigenvalue weighted by atomic mass is 28.3. The molecule has 0 saturated heterocycles. The van der Waals surface area contributed by atoms with Gasteiger partial charge in [0.05, 0.1) is 0 Å². The summed E-state index contributed by atoms with van der Waals surface area (Å²) in [7, 11) is 2.22. The van der Waals surface area contributed by atoms with Gasteiger partial charge in [0.2, 0.25) is 0 Å². The van der Waals surface area contributed by atoms with Gasteiger partial charge in [-0.05, 0) is 11.5 Å². The van der Waals surface area contributed by atoms with Crippen LogP contribution in [0.2, 0.25) is 5.54 Å². The molecule has 13 heavy (non-hydrogen) atoms. The Morgan fingerprint density at radius 1 is 1.08 bits per heavy atom. The maximum Gasteiger partial charge on any atom is 0.324 e. The van der Waals surface area contributed by atoms with Crippen LogP contribution in [-0.4, -0.2) is 23.5 Å². The number of hydrogen-bond donors (Lipinski definition) is 0. The van der Waals surface area contributed by atoms with E-state index in [0.29, 0.717) is 5.54 Å². The van der Waals surface area contributed by atoms with Crippen molar-refractivity contribution >= 4 is 9.28 Å². The molecule has 1 fully saturated rings. The van der Waals surface area contributed by atoms with E-state index in [-0.39, 0.29) is 0 Å². The van der Waals surface area contributed by atoms with Crippen LogP contribution in [0.5, 0.6) is 0 Å². The fraction of sp³-hybridized carbons (Fsp3) is 1.00. The molecule has 0 bridgehead atoms. The maximum atomic E-state index is 5.43. The van der Waals surface area contributed by atoms with Crippen molar-refractivity contribution in [3.05, 3.63) is 0 Å². The third kappa shape index (κ3) is 3.08. The Hall–Kier alpha value is 0.137. The van der Waals surface area contributed by atoms with E-state index in [9.17, 15) is 0 Å². The van der Waals surface area contributed by atoms with Gasteiger partial charge in [-0.15, -0.1) is 0 Å². The molecule has 0 radical (unpaired) electrons. The molecule has 1 aliphatic rings. The fourth-order valence-electron chi connectivity index (χ4n) is 2.41. The summed E-state index contributed by atoms with van der Waals surface area (Å²) < 4.78 is 10.9. The molecule has 0 amide bonds. The van der Waals surface area contributed by atoms with Crippen molar-refractivity contribution < 1.29 is 8.85 Å². The van der Waals surface area contributed by atoms with E-state index in [0.717, 1.165) is 5.92 Å². The molecule has 0 aromatic heterocycles. The smallest absolute Gasteiger partial charge is 0.324 e. The first-order valence-electron chi connectivity index (χ1n) is 5.35. The predicted molar refractivity (Wildman–Crippen MR) is 57.2 cm³/mol. The molecule has 0 aromatic rings.